The van der Waals surface area contributed by atoms with E-state index in [0.29, 0.717) is 0 Å². The van der Waals surface area contributed by atoms with Gasteiger partial charge in [-0.25, -0.2) is 4.98 Å². The average Bonchev–Trinajstić information content (AvgIpc) is 3.07. The number of fused-ring (bicyclic) bond motifs is 6. The first kappa shape index (κ1) is 26.3. The van der Waals surface area contributed by atoms with Crippen molar-refractivity contribution in [3.8, 4) is 33.5 Å². The highest BCUT2D eigenvalue weighted by molar-refractivity contribution is 6.16. The molecule has 2 heteroatoms. The zero-order valence-electron chi connectivity index (χ0n) is 25.2. The predicted molar refractivity (Wildman–Crippen MR) is 187 cm³/mol. The van der Waals surface area contributed by atoms with Crippen LogP contribution in [0.3, 0.4) is 0 Å². The summed E-state index contributed by atoms with van der Waals surface area (Å²) >= 11 is 0. The highest BCUT2D eigenvalue weighted by Gasteiger charge is 2.19. The van der Waals surface area contributed by atoms with Crippen LogP contribution in [0.4, 0.5) is 0 Å². The summed E-state index contributed by atoms with van der Waals surface area (Å²) in [6, 6.07) is 48.0. The van der Waals surface area contributed by atoms with Crippen molar-refractivity contribution in [1.29, 1.82) is 0 Å². The normalized spacial score (nSPS) is 12.0. The minimum Gasteiger partial charge on any atom is -0.254 e. The average molecular weight is 565 g/mol. The molecule has 0 fully saturated rings. The first-order chi connectivity index (χ1) is 21.5. The molecule has 0 bridgehead atoms. The SMILES string of the molecule is CC(C)(C)c1ccc2cc(-c3cc(-c4ccccc4)c4ccc5c(-c6ccccc6)ccnc5c4n3)c3ccccc3c2c1. The van der Waals surface area contributed by atoms with Crippen molar-refractivity contribution in [3.05, 3.63) is 145 Å². The Balaban J connectivity index is 1.46. The van der Waals surface area contributed by atoms with E-state index in [1.807, 2.05) is 6.20 Å². The lowest BCUT2D eigenvalue weighted by Crippen LogP contribution is -2.10. The molecular formula is C42H32N2. The van der Waals surface area contributed by atoms with E-state index in [-0.39, 0.29) is 5.41 Å². The lowest BCUT2D eigenvalue weighted by atomic mass is 9.84. The van der Waals surface area contributed by atoms with Gasteiger partial charge in [-0.2, -0.15) is 0 Å². The third-order valence-corrected chi connectivity index (χ3v) is 8.86. The second-order valence-corrected chi connectivity index (χ2v) is 12.7. The van der Waals surface area contributed by atoms with Crippen molar-refractivity contribution in [2.75, 3.05) is 0 Å². The van der Waals surface area contributed by atoms with Gasteiger partial charge in [0.15, 0.2) is 0 Å². The molecule has 6 aromatic carbocycles. The number of rotatable bonds is 3. The largest absolute Gasteiger partial charge is 0.254 e. The number of pyridine rings is 2. The molecule has 0 radical (unpaired) electrons. The van der Waals surface area contributed by atoms with Crippen molar-refractivity contribution < 1.29 is 0 Å². The Morgan fingerprint density at radius 2 is 1.09 bits per heavy atom. The van der Waals surface area contributed by atoms with Crippen LogP contribution in [0, 0.1) is 0 Å². The summed E-state index contributed by atoms with van der Waals surface area (Å²) in [7, 11) is 0. The van der Waals surface area contributed by atoms with E-state index < -0.39 is 0 Å². The van der Waals surface area contributed by atoms with Gasteiger partial charge in [-0.15, -0.1) is 0 Å². The molecule has 0 N–H and O–H groups in total. The molecule has 2 aromatic heterocycles. The maximum atomic E-state index is 5.45. The molecule has 0 aliphatic carbocycles. The van der Waals surface area contributed by atoms with Crippen molar-refractivity contribution in [2.45, 2.75) is 26.2 Å². The Morgan fingerprint density at radius 1 is 0.455 bits per heavy atom. The van der Waals surface area contributed by atoms with E-state index in [1.165, 1.54) is 38.2 Å². The van der Waals surface area contributed by atoms with Gasteiger partial charge in [0, 0.05) is 22.5 Å². The highest BCUT2D eigenvalue weighted by atomic mass is 14.8. The van der Waals surface area contributed by atoms with E-state index in [0.717, 1.165) is 44.2 Å². The summed E-state index contributed by atoms with van der Waals surface area (Å²) in [5.41, 5.74) is 10.00. The molecular weight excluding hydrogens is 532 g/mol. The summed E-state index contributed by atoms with van der Waals surface area (Å²) < 4.78 is 0. The molecule has 0 saturated heterocycles. The Morgan fingerprint density at radius 3 is 1.80 bits per heavy atom. The number of nitrogens with zero attached hydrogens (tertiary/aromatic N) is 2. The fraction of sp³-hybridized carbons (Fsp3) is 0.0952. The van der Waals surface area contributed by atoms with Gasteiger partial charge in [-0.05, 0) is 73.0 Å². The molecule has 2 heterocycles. The molecule has 0 aliphatic rings. The Hall–Kier alpha value is -5.34. The fourth-order valence-corrected chi connectivity index (χ4v) is 6.55. The maximum Gasteiger partial charge on any atom is 0.0978 e. The van der Waals surface area contributed by atoms with Crippen LogP contribution in [0.25, 0.3) is 76.9 Å². The summed E-state index contributed by atoms with van der Waals surface area (Å²) in [6.07, 6.45) is 1.92. The monoisotopic (exact) mass is 564 g/mol. The molecule has 0 amide bonds. The third-order valence-electron chi connectivity index (χ3n) is 8.86. The van der Waals surface area contributed by atoms with Gasteiger partial charge in [-0.3, -0.25) is 4.98 Å². The van der Waals surface area contributed by atoms with E-state index >= 15 is 0 Å². The molecule has 0 spiro atoms. The van der Waals surface area contributed by atoms with Crippen LogP contribution in [0.5, 0.6) is 0 Å². The summed E-state index contributed by atoms with van der Waals surface area (Å²) in [5.74, 6) is 0. The number of hydrogen-bond acceptors (Lipinski definition) is 2. The van der Waals surface area contributed by atoms with Crippen LogP contribution in [-0.2, 0) is 5.41 Å². The van der Waals surface area contributed by atoms with Crippen molar-refractivity contribution in [1.82, 2.24) is 9.97 Å². The van der Waals surface area contributed by atoms with Gasteiger partial charge in [0.1, 0.15) is 0 Å². The van der Waals surface area contributed by atoms with Crippen LogP contribution in [0.1, 0.15) is 26.3 Å². The van der Waals surface area contributed by atoms with Gasteiger partial charge in [0.25, 0.3) is 0 Å². The molecule has 8 rings (SSSR count). The number of aromatic nitrogens is 2. The molecule has 0 aliphatic heterocycles. The van der Waals surface area contributed by atoms with Gasteiger partial charge in [0.05, 0.1) is 16.7 Å². The first-order valence-electron chi connectivity index (χ1n) is 15.3. The van der Waals surface area contributed by atoms with Crippen LogP contribution in [-0.4, -0.2) is 9.97 Å². The molecule has 210 valence electrons. The van der Waals surface area contributed by atoms with Crippen LogP contribution in [0.15, 0.2) is 140 Å². The first-order valence-corrected chi connectivity index (χ1v) is 15.3. The molecule has 8 aromatic rings. The van der Waals surface area contributed by atoms with E-state index in [9.17, 15) is 0 Å². The Kier molecular flexibility index (Phi) is 6.06. The van der Waals surface area contributed by atoms with Crippen LogP contribution >= 0.6 is 0 Å². The molecule has 44 heavy (non-hydrogen) atoms. The Labute approximate surface area is 257 Å². The van der Waals surface area contributed by atoms with Gasteiger partial charge in [-0.1, -0.05) is 136 Å². The maximum absolute atomic E-state index is 5.45. The molecule has 2 nitrogen and oxygen atoms in total. The minimum absolute atomic E-state index is 0.0745. The van der Waals surface area contributed by atoms with E-state index in [4.69, 9.17) is 9.97 Å². The standard InChI is InChI=1S/C42H32N2/c1-42(2,3)30-19-18-29-24-38(33-17-11-10-16-32(33)36(29)25-30)39-26-37(28-14-8-5-9-15-28)35-21-20-34-31(27-12-6-4-7-13-27)22-23-43-40(34)41(35)44-39/h4-26H,1-3H3. The van der Waals surface area contributed by atoms with Gasteiger partial charge in [0.2, 0.25) is 0 Å². The van der Waals surface area contributed by atoms with Crippen molar-refractivity contribution >= 4 is 43.4 Å². The smallest absolute Gasteiger partial charge is 0.0978 e. The van der Waals surface area contributed by atoms with E-state index in [1.54, 1.807) is 0 Å². The topological polar surface area (TPSA) is 25.8 Å². The number of hydrogen-bond donors (Lipinski definition) is 0. The summed E-state index contributed by atoms with van der Waals surface area (Å²) in [4.78, 5) is 10.4. The minimum atomic E-state index is 0.0745. The van der Waals surface area contributed by atoms with Gasteiger partial charge < -0.3 is 0 Å². The Bertz CT molecular complexity index is 2350. The van der Waals surface area contributed by atoms with E-state index in [2.05, 4.69) is 154 Å². The van der Waals surface area contributed by atoms with Gasteiger partial charge >= 0.3 is 0 Å². The lowest BCUT2D eigenvalue weighted by Gasteiger charge is -2.20. The third kappa shape index (κ3) is 4.34. The highest BCUT2D eigenvalue weighted by Crippen LogP contribution is 2.41. The fourth-order valence-electron chi connectivity index (χ4n) is 6.55. The predicted octanol–water partition coefficient (Wildman–Crippen LogP) is 11.4. The molecule has 0 atom stereocenters. The second-order valence-electron chi connectivity index (χ2n) is 12.7. The molecule has 0 saturated carbocycles. The zero-order chi connectivity index (χ0) is 29.8. The van der Waals surface area contributed by atoms with Crippen LogP contribution in [0.2, 0.25) is 0 Å². The number of benzene rings is 6. The summed E-state index contributed by atoms with van der Waals surface area (Å²) in [6.45, 7) is 6.82. The lowest BCUT2D eigenvalue weighted by molar-refractivity contribution is 0.591. The summed E-state index contributed by atoms with van der Waals surface area (Å²) in [5, 5.41) is 7.16. The quantitative estimate of drug-likeness (QED) is 0.199. The molecule has 0 unspecified atom stereocenters. The second kappa shape index (κ2) is 10.1. The zero-order valence-corrected chi connectivity index (χ0v) is 25.2. The van der Waals surface area contributed by atoms with Crippen LogP contribution < -0.4 is 0 Å². The van der Waals surface area contributed by atoms with Crippen molar-refractivity contribution in [3.63, 3.8) is 0 Å². The van der Waals surface area contributed by atoms with Crippen molar-refractivity contribution in [2.24, 2.45) is 0 Å².